The number of nitro groups is 1. The van der Waals surface area contributed by atoms with Crippen LogP contribution in [0.1, 0.15) is 12.6 Å². The number of halogens is 1. The third-order valence-electron chi connectivity index (χ3n) is 1.63. The largest absolute Gasteiger partial charge is 0.380 e. The molecule has 76 valence electrons. The Morgan fingerprint density at radius 1 is 1.71 bits per heavy atom. The van der Waals surface area contributed by atoms with Gasteiger partial charge in [-0.25, -0.2) is 4.98 Å². The van der Waals surface area contributed by atoms with E-state index < -0.39 is 4.92 Å². The minimum absolute atomic E-state index is 0.0778. The van der Waals surface area contributed by atoms with E-state index in [-0.39, 0.29) is 10.8 Å². The van der Waals surface area contributed by atoms with E-state index in [0.29, 0.717) is 17.9 Å². The van der Waals surface area contributed by atoms with Crippen LogP contribution < -0.4 is 5.32 Å². The second-order valence-corrected chi connectivity index (χ2v) is 3.10. The van der Waals surface area contributed by atoms with Crippen LogP contribution in [0.4, 0.5) is 11.4 Å². The van der Waals surface area contributed by atoms with Crippen LogP contribution in [0.25, 0.3) is 0 Å². The number of rotatable bonds is 3. The summed E-state index contributed by atoms with van der Waals surface area (Å²) in [6, 6.07) is 1.60. The first-order valence-corrected chi connectivity index (χ1v) is 4.49. The number of nitrogens with one attached hydrogen (secondary N) is 1. The number of hydrogen-bond acceptors (Lipinski definition) is 4. The molecule has 0 bridgehead atoms. The average Bonchev–Trinajstić information content (AvgIpc) is 2.01. The first-order chi connectivity index (χ1) is 6.56. The minimum atomic E-state index is -0.535. The van der Waals surface area contributed by atoms with Crippen molar-refractivity contribution in [2.24, 2.45) is 0 Å². The number of aryl methyl sites for hydroxylation is 1. The Bertz CT molecular complexity index is 368. The Kier molecular flexibility index (Phi) is 3.24. The predicted octanol–water partition coefficient (Wildman–Crippen LogP) is 2.38. The zero-order valence-corrected chi connectivity index (χ0v) is 8.63. The monoisotopic (exact) mass is 215 g/mol. The number of nitrogens with zero attached hydrogens (tertiary/aromatic N) is 2. The summed E-state index contributed by atoms with van der Waals surface area (Å²) >= 11 is 5.67. The quantitative estimate of drug-likeness (QED) is 0.478. The molecule has 1 rings (SSSR count). The van der Waals surface area contributed by atoms with Gasteiger partial charge in [0.25, 0.3) is 0 Å². The molecule has 0 unspecified atom stereocenters. The first-order valence-electron chi connectivity index (χ1n) is 4.11. The summed E-state index contributed by atoms with van der Waals surface area (Å²) in [7, 11) is 0. The van der Waals surface area contributed by atoms with E-state index >= 15 is 0 Å². The van der Waals surface area contributed by atoms with Gasteiger partial charge in [-0.15, -0.1) is 0 Å². The SMILES string of the molecule is CCNc1cc(C)nc(Cl)c1[N+](=O)[O-]. The number of pyridine rings is 1. The average molecular weight is 216 g/mol. The highest BCUT2D eigenvalue weighted by molar-refractivity contribution is 6.32. The fourth-order valence-corrected chi connectivity index (χ4v) is 1.43. The van der Waals surface area contributed by atoms with Gasteiger partial charge in [0.2, 0.25) is 5.15 Å². The zero-order valence-electron chi connectivity index (χ0n) is 7.87. The van der Waals surface area contributed by atoms with Crippen LogP contribution in [-0.2, 0) is 0 Å². The minimum Gasteiger partial charge on any atom is -0.380 e. The molecule has 0 amide bonds. The molecule has 6 heteroatoms. The highest BCUT2D eigenvalue weighted by Gasteiger charge is 2.20. The molecule has 14 heavy (non-hydrogen) atoms. The van der Waals surface area contributed by atoms with E-state index in [2.05, 4.69) is 10.3 Å². The van der Waals surface area contributed by atoms with Crippen LogP contribution in [0.2, 0.25) is 5.15 Å². The Morgan fingerprint density at radius 2 is 2.36 bits per heavy atom. The van der Waals surface area contributed by atoms with Crippen molar-refractivity contribution in [1.82, 2.24) is 4.98 Å². The molecule has 0 spiro atoms. The number of anilines is 1. The van der Waals surface area contributed by atoms with Crippen molar-refractivity contribution < 1.29 is 4.92 Å². The van der Waals surface area contributed by atoms with Gasteiger partial charge in [-0.2, -0.15) is 0 Å². The molecule has 0 saturated heterocycles. The van der Waals surface area contributed by atoms with Crippen molar-refractivity contribution in [3.63, 3.8) is 0 Å². The molecule has 0 radical (unpaired) electrons. The Labute approximate surface area is 86.3 Å². The molecule has 1 N–H and O–H groups in total. The van der Waals surface area contributed by atoms with Crippen LogP contribution >= 0.6 is 11.6 Å². The van der Waals surface area contributed by atoms with Gasteiger partial charge >= 0.3 is 5.69 Å². The van der Waals surface area contributed by atoms with E-state index in [1.54, 1.807) is 13.0 Å². The maximum Gasteiger partial charge on any atom is 0.329 e. The van der Waals surface area contributed by atoms with Crippen LogP contribution in [0, 0.1) is 17.0 Å². The molecule has 0 fully saturated rings. The Balaban J connectivity index is 3.28. The highest BCUT2D eigenvalue weighted by atomic mass is 35.5. The molecule has 0 aliphatic carbocycles. The van der Waals surface area contributed by atoms with Crippen LogP contribution in [-0.4, -0.2) is 16.5 Å². The Hall–Kier alpha value is -1.36. The van der Waals surface area contributed by atoms with Crippen molar-refractivity contribution in [3.8, 4) is 0 Å². The molecule has 0 aliphatic rings. The molecule has 1 aromatic rings. The molecule has 0 aliphatic heterocycles. The summed E-state index contributed by atoms with van der Waals surface area (Å²) < 4.78 is 0. The molecule has 0 saturated carbocycles. The van der Waals surface area contributed by atoms with E-state index in [4.69, 9.17) is 11.6 Å². The van der Waals surface area contributed by atoms with Gasteiger partial charge in [0.1, 0.15) is 5.69 Å². The third-order valence-corrected chi connectivity index (χ3v) is 1.89. The normalized spacial score (nSPS) is 9.93. The molecule has 1 heterocycles. The van der Waals surface area contributed by atoms with Crippen molar-refractivity contribution >= 4 is 23.0 Å². The summed E-state index contributed by atoms with van der Waals surface area (Å²) in [4.78, 5) is 14.0. The molecule has 5 nitrogen and oxygen atoms in total. The lowest BCUT2D eigenvalue weighted by Crippen LogP contribution is -2.03. The van der Waals surface area contributed by atoms with Crippen LogP contribution in [0.3, 0.4) is 0 Å². The second kappa shape index (κ2) is 4.23. The van der Waals surface area contributed by atoms with Gasteiger partial charge in [-0.3, -0.25) is 10.1 Å². The van der Waals surface area contributed by atoms with Gasteiger partial charge in [-0.05, 0) is 19.9 Å². The second-order valence-electron chi connectivity index (χ2n) is 2.74. The van der Waals surface area contributed by atoms with Gasteiger partial charge in [0, 0.05) is 12.2 Å². The van der Waals surface area contributed by atoms with Crippen molar-refractivity contribution in [2.45, 2.75) is 13.8 Å². The summed E-state index contributed by atoms with van der Waals surface area (Å²) in [6.45, 7) is 4.18. The number of hydrogen-bond donors (Lipinski definition) is 1. The maximum atomic E-state index is 10.7. The van der Waals surface area contributed by atoms with Crippen molar-refractivity contribution in [1.29, 1.82) is 0 Å². The van der Waals surface area contributed by atoms with Crippen molar-refractivity contribution in [2.75, 3.05) is 11.9 Å². The Morgan fingerprint density at radius 3 is 2.86 bits per heavy atom. The van der Waals surface area contributed by atoms with E-state index in [1.165, 1.54) is 0 Å². The lowest BCUT2D eigenvalue weighted by atomic mass is 10.3. The highest BCUT2D eigenvalue weighted by Crippen LogP contribution is 2.31. The molecule has 1 aromatic heterocycles. The van der Waals surface area contributed by atoms with Crippen LogP contribution in [0.15, 0.2) is 6.07 Å². The van der Waals surface area contributed by atoms with Gasteiger partial charge < -0.3 is 5.32 Å². The smallest absolute Gasteiger partial charge is 0.329 e. The third kappa shape index (κ3) is 2.11. The lowest BCUT2D eigenvalue weighted by Gasteiger charge is -2.05. The standard InChI is InChI=1S/C8H10ClN3O2/c1-3-10-6-4-5(2)11-8(9)7(6)12(13)14/h4H,3H2,1-2H3,(H,10,11). The summed E-state index contributed by atoms with van der Waals surface area (Å²) in [6.07, 6.45) is 0. The fraction of sp³-hybridized carbons (Fsp3) is 0.375. The topological polar surface area (TPSA) is 68.1 Å². The first kappa shape index (κ1) is 10.7. The van der Waals surface area contributed by atoms with Crippen molar-refractivity contribution in [3.05, 3.63) is 27.0 Å². The van der Waals surface area contributed by atoms with Gasteiger partial charge in [0.05, 0.1) is 4.92 Å². The van der Waals surface area contributed by atoms with Gasteiger partial charge in [0.15, 0.2) is 0 Å². The van der Waals surface area contributed by atoms with Gasteiger partial charge in [-0.1, -0.05) is 11.6 Å². The predicted molar refractivity (Wildman–Crippen MR) is 54.8 cm³/mol. The van der Waals surface area contributed by atoms with Crippen LogP contribution in [0.5, 0.6) is 0 Å². The molecular weight excluding hydrogens is 206 g/mol. The zero-order chi connectivity index (χ0) is 10.7. The maximum absolute atomic E-state index is 10.7. The van der Waals surface area contributed by atoms with E-state index in [9.17, 15) is 10.1 Å². The lowest BCUT2D eigenvalue weighted by molar-refractivity contribution is -0.384. The summed E-state index contributed by atoms with van der Waals surface area (Å²) in [5.41, 5.74) is 0.894. The summed E-state index contributed by atoms with van der Waals surface area (Å²) in [5, 5.41) is 13.5. The molecular formula is C8H10ClN3O2. The number of aromatic nitrogens is 1. The molecule has 0 atom stereocenters. The van der Waals surface area contributed by atoms with E-state index in [1.807, 2.05) is 6.92 Å². The van der Waals surface area contributed by atoms with E-state index in [0.717, 1.165) is 0 Å². The summed E-state index contributed by atoms with van der Waals surface area (Å²) in [5.74, 6) is 0. The molecule has 0 aromatic carbocycles. The fourth-order valence-electron chi connectivity index (χ4n) is 1.13.